The molecular formula is C10H18N4O4S2. The van der Waals surface area contributed by atoms with Gasteiger partial charge in [0.05, 0.1) is 17.8 Å². The Kier molecular flexibility index (Phi) is 6.33. The van der Waals surface area contributed by atoms with Crippen molar-refractivity contribution in [3.05, 3.63) is 11.2 Å². The average molecular weight is 322 g/mol. The number of oxime groups is 1. The molecule has 8 nitrogen and oxygen atoms in total. The lowest BCUT2D eigenvalue weighted by Crippen LogP contribution is -2.36. The van der Waals surface area contributed by atoms with Crippen molar-refractivity contribution >= 4 is 27.2 Å². The third-order valence-corrected chi connectivity index (χ3v) is 5.73. The smallest absolute Gasteiger partial charge is 0.254 e. The molecule has 0 aliphatic heterocycles. The fourth-order valence-corrected chi connectivity index (χ4v) is 4.11. The van der Waals surface area contributed by atoms with Crippen LogP contribution in [-0.4, -0.2) is 55.6 Å². The minimum absolute atomic E-state index is 0.0249. The normalized spacial score (nSPS) is 13.1. The van der Waals surface area contributed by atoms with Crippen LogP contribution in [-0.2, 0) is 14.8 Å². The Morgan fingerprint density at radius 3 is 2.80 bits per heavy atom. The van der Waals surface area contributed by atoms with Gasteiger partial charge >= 0.3 is 0 Å². The highest BCUT2D eigenvalue weighted by Crippen LogP contribution is 2.22. The predicted octanol–water partition coefficient (Wildman–Crippen LogP) is 0.225. The number of aromatic nitrogens is 1. The molecule has 0 aliphatic rings. The summed E-state index contributed by atoms with van der Waals surface area (Å²) in [7, 11) is -2.15. The number of hydrogen-bond acceptors (Lipinski definition) is 7. The molecule has 0 radical (unpaired) electrons. The minimum atomic E-state index is -3.64. The fraction of sp³-hybridized carbons (Fsp3) is 0.600. The largest absolute Gasteiger partial charge is 0.409 e. The lowest BCUT2D eigenvalue weighted by atomic mass is 10.4. The van der Waals surface area contributed by atoms with Gasteiger partial charge in [0.1, 0.15) is 5.84 Å². The maximum Gasteiger partial charge on any atom is 0.254 e. The van der Waals surface area contributed by atoms with Gasteiger partial charge in [-0.05, 0) is 6.92 Å². The third-order valence-electron chi connectivity index (χ3n) is 2.48. The van der Waals surface area contributed by atoms with Crippen LogP contribution in [0.2, 0.25) is 0 Å². The summed E-state index contributed by atoms with van der Waals surface area (Å²) >= 11 is 1.10. The second-order valence-electron chi connectivity index (χ2n) is 3.94. The number of methoxy groups -OCH3 is 1. The van der Waals surface area contributed by atoms with E-state index in [1.165, 1.54) is 17.6 Å². The molecule has 0 saturated carbocycles. The van der Waals surface area contributed by atoms with E-state index < -0.39 is 10.0 Å². The first kappa shape index (κ1) is 16.8. The highest BCUT2D eigenvalue weighted by molar-refractivity contribution is 7.91. The minimum Gasteiger partial charge on any atom is -0.409 e. The second-order valence-corrected chi connectivity index (χ2v) is 7.34. The molecule has 0 atom stereocenters. The van der Waals surface area contributed by atoms with Gasteiger partial charge in [0.2, 0.25) is 0 Å². The van der Waals surface area contributed by atoms with Gasteiger partial charge in [0.15, 0.2) is 4.21 Å². The molecule has 1 heterocycles. The molecule has 0 unspecified atom stereocenters. The van der Waals surface area contributed by atoms with Crippen molar-refractivity contribution in [1.82, 2.24) is 9.29 Å². The van der Waals surface area contributed by atoms with Gasteiger partial charge in [-0.3, -0.25) is 0 Å². The average Bonchev–Trinajstić information content (AvgIpc) is 2.85. The van der Waals surface area contributed by atoms with Crippen LogP contribution in [0.3, 0.4) is 0 Å². The Hall–Kier alpha value is -1.23. The lowest BCUT2D eigenvalue weighted by molar-refractivity contribution is 0.179. The summed E-state index contributed by atoms with van der Waals surface area (Å²) < 4.78 is 31.2. The molecule has 3 N–H and O–H groups in total. The summed E-state index contributed by atoms with van der Waals surface area (Å²) in [5, 5.41) is 12.0. The first-order valence-electron chi connectivity index (χ1n) is 5.79. The molecule has 0 spiro atoms. The molecule has 20 heavy (non-hydrogen) atoms. The fourth-order valence-electron chi connectivity index (χ4n) is 1.42. The van der Waals surface area contributed by atoms with Crippen LogP contribution in [0, 0.1) is 6.92 Å². The van der Waals surface area contributed by atoms with E-state index in [1.807, 2.05) is 0 Å². The van der Waals surface area contributed by atoms with Crippen LogP contribution in [0.4, 0.5) is 0 Å². The van der Waals surface area contributed by atoms with Crippen LogP contribution in [0.25, 0.3) is 0 Å². The zero-order valence-electron chi connectivity index (χ0n) is 11.3. The zero-order valence-corrected chi connectivity index (χ0v) is 12.9. The predicted molar refractivity (Wildman–Crippen MR) is 75.5 cm³/mol. The quantitative estimate of drug-likeness (QED) is 0.306. The monoisotopic (exact) mass is 322 g/mol. The van der Waals surface area contributed by atoms with Gasteiger partial charge in [0, 0.05) is 26.6 Å². The van der Waals surface area contributed by atoms with Crippen molar-refractivity contribution in [3.8, 4) is 0 Å². The number of aryl methyl sites for hydroxylation is 1. The first-order chi connectivity index (χ1) is 9.41. The summed E-state index contributed by atoms with van der Waals surface area (Å²) in [5.74, 6) is -0.0249. The maximum atomic E-state index is 12.5. The van der Waals surface area contributed by atoms with Crippen molar-refractivity contribution < 1.29 is 18.4 Å². The van der Waals surface area contributed by atoms with Crippen LogP contribution >= 0.6 is 11.3 Å². The van der Waals surface area contributed by atoms with Crippen LogP contribution < -0.4 is 5.73 Å². The van der Waals surface area contributed by atoms with Crippen LogP contribution in [0.1, 0.15) is 11.4 Å². The number of nitrogens with zero attached hydrogens (tertiary/aromatic N) is 3. The summed E-state index contributed by atoms with van der Waals surface area (Å²) in [6.07, 6.45) is 1.47. The lowest BCUT2D eigenvalue weighted by Gasteiger charge is -2.20. The highest BCUT2D eigenvalue weighted by atomic mass is 32.2. The Labute approximate surface area is 121 Å². The maximum absolute atomic E-state index is 12.5. The van der Waals surface area contributed by atoms with Gasteiger partial charge < -0.3 is 15.7 Å². The Bertz CT molecular complexity index is 555. The molecule has 0 fully saturated rings. The molecule has 0 amide bonds. The number of hydrogen-bond donors (Lipinski definition) is 2. The summed E-state index contributed by atoms with van der Waals surface area (Å²) in [4.78, 5) is 3.95. The van der Waals surface area contributed by atoms with Crippen LogP contribution in [0.15, 0.2) is 15.6 Å². The summed E-state index contributed by atoms with van der Waals surface area (Å²) in [6.45, 7) is 2.29. The number of ether oxygens (including phenoxy) is 1. The molecule has 0 aromatic carbocycles. The summed E-state index contributed by atoms with van der Waals surface area (Å²) in [6, 6.07) is 0. The van der Waals surface area contributed by atoms with Gasteiger partial charge in [-0.15, -0.1) is 11.3 Å². The molecule has 0 bridgehead atoms. The van der Waals surface area contributed by atoms with E-state index in [2.05, 4.69) is 10.1 Å². The Morgan fingerprint density at radius 1 is 1.60 bits per heavy atom. The topological polar surface area (TPSA) is 118 Å². The van der Waals surface area contributed by atoms with Gasteiger partial charge in [0.25, 0.3) is 10.0 Å². The van der Waals surface area contributed by atoms with E-state index in [4.69, 9.17) is 15.7 Å². The van der Waals surface area contributed by atoms with Gasteiger partial charge in [-0.2, -0.15) is 4.31 Å². The zero-order chi connectivity index (χ0) is 15.2. The molecule has 10 heteroatoms. The number of nitrogens with two attached hydrogens (primary N) is 1. The second kappa shape index (κ2) is 7.53. The Morgan fingerprint density at radius 2 is 2.30 bits per heavy atom. The summed E-state index contributed by atoms with van der Waals surface area (Å²) in [5.41, 5.74) is 5.37. The van der Waals surface area contributed by atoms with Crippen molar-refractivity contribution in [2.24, 2.45) is 10.9 Å². The van der Waals surface area contributed by atoms with Gasteiger partial charge in [-0.25, -0.2) is 13.4 Å². The molecule has 0 saturated heterocycles. The van der Waals surface area contributed by atoms with Gasteiger partial charge in [-0.1, -0.05) is 5.16 Å². The standard InChI is InChI=1S/C10H18N4O4S2/c1-8-12-7-10(19-8)20(16,17)14(5-6-18-2)4-3-9(11)13-15/h7,15H,3-6H2,1-2H3,(H2,11,13). The Balaban J connectivity index is 2.91. The number of amidine groups is 1. The van der Waals surface area contributed by atoms with Crippen LogP contribution in [0.5, 0.6) is 0 Å². The SMILES string of the molecule is COCCN(CCC(N)=NO)S(=O)(=O)c1cnc(C)s1. The third kappa shape index (κ3) is 4.40. The van der Waals surface area contributed by atoms with E-state index in [1.54, 1.807) is 6.92 Å². The first-order valence-corrected chi connectivity index (χ1v) is 8.05. The molecule has 1 aromatic heterocycles. The van der Waals surface area contributed by atoms with E-state index in [0.29, 0.717) is 5.01 Å². The van der Waals surface area contributed by atoms with E-state index in [9.17, 15) is 8.42 Å². The van der Waals surface area contributed by atoms with Crippen molar-refractivity contribution in [2.75, 3.05) is 26.8 Å². The van der Waals surface area contributed by atoms with Crippen molar-refractivity contribution in [1.29, 1.82) is 0 Å². The molecular weight excluding hydrogens is 304 g/mol. The van der Waals surface area contributed by atoms with Crippen molar-refractivity contribution in [3.63, 3.8) is 0 Å². The number of thiazole rings is 1. The number of sulfonamides is 1. The van der Waals surface area contributed by atoms with E-state index in [-0.39, 0.29) is 36.2 Å². The molecule has 0 aliphatic carbocycles. The van der Waals surface area contributed by atoms with Crippen molar-refractivity contribution in [2.45, 2.75) is 17.6 Å². The molecule has 1 rings (SSSR count). The molecule has 114 valence electrons. The highest BCUT2D eigenvalue weighted by Gasteiger charge is 2.26. The molecule has 1 aromatic rings. The van der Waals surface area contributed by atoms with E-state index in [0.717, 1.165) is 11.3 Å². The number of rotatable bonds is 8. The van der Waals surface area contributed by atoms with E-state index >= 15 is 0 Å².